The molecule has 1 atom stereocenters. The molecule has 1 fully saturated rings. The second-order valence-electron chi connectivity index (χ2n) is 3.62. The third-order valence-electron chi connectivity index (χ3n) is 2.31. The predicted molar refractivity (Wildman–Crippen MR) is 50.3 cm³/mol. The molecule has 0 aliphatic carbocycles. The average Bonchev–Trinajstić information content (AvgIpc) is 2.04. The van der Waals surface area contributed by atoms with Crippen LogP contribution in [0.25, 0.3) is 0 Å². The predicted octanol–water partition coefficient (Wildman–Crippen LogP) is 0.0205. The standard InChI is InChI=1S/C9H18N2O2/c1-2-13-8(12)6-9(10)4-3-5-11-7-9/h11H,2-7,10H2,1H3. The Morgan fingerprint density at radius 3 is 3.00 bits per heavy atom. The SMILES string of the molecule is CCOC(=O)CC1(N)CCCNC1. The van der Waals surface area contributed by atoms with Crippen LogP contribution in [0.15, 0.2) is 0 Å². The summed E-state index contributed by atoms with van der Waals surface area (Å²) in [6, 6.07) is 0. The van der Waals surface area contributed by atoms with E-state index in [1.54, 1.807) is 6.92 Å². The Balaban J connectivity index is 2.36. The van der Waals surface area contributed by atoms with Gasteiger partial charge < -0.3 is 15.8 Å². The highest BCUT2D eigenvalue weighted by Crippen LogP contribution is 2.17. The van der Waals surface area contributed by atoms with Crippen molar-refractivity contribution >= 4 is 5.97 Å². The van der Waals surface area contributed by atoms with Gasteiger partial charge in [0.05, 0.1) is 13.0 Å². The van der Waals surface area contributed by atoms with Crippen molar-refractivity contribution < 1.29 is 9.53 Å². The zero-order valence-electron chi connectivity index (χ0n) is 8.14. The molecule has 1 saturated heterocycles. The molecule has 0 aromatic heterocycles. The first kappa shape index (κ1) is 10.5. The largest absolute Gasteiger partial charge is 0.466 e. The minimum atomic E-state index is -0.384. The number of hydrogen-bond acceptors (Lipinski definition) is 4. The lowest BCUT2D eigenvalue weighted by atomic mass is 9.88. The van der Waals surface area contributed by atoms with Crippen LogP contribution in [0.2, 0.25) is 0 Å². The molecule has 4 heteroatoms. The monoisotopic (exact) mass is 186 g/mol. The molecule has 1 aliphatic rings. The van der Waals surface area contributed by atoms with Crippen molar-refractivity contribution in [3.63, 3.8) is 0 Å². The molecule has 13 heavy (non-hydrogen) atoms. The molecule has 3 N–H and O–H groups in total. The lowest BCUT2D eigenvalue weighted by molar-refractivity contribution is -0.144. The number of carbonyl (C=O) groups excluding carboxylic acids is 1. The van der Waals surface area contributed by atoms with Gasteiger partial charge in [-0.15, -0.1) is 0 Å². The quantitative estimate of drug-likeness (QED) is 0.610. The Kier molecular flexibility index (Phi) is 3.69. The lowest BCUT2D eigenvalue weighted by Gasteiger charge is -2.32. The van der Waals surface area contributed by atoms with Gasteiger partial charge in [0.15, 0.2) is 0 Å². The van der Waals surface area contributed by atoms with Crippen LogP contribution < -0.4 is 11.1 Å². The lowest BCUT2D eigenvalue weighted by Crippen LogP contribution is -2.53. The van der Waals surface area contributed by atoms with Crippen LogP contribution in [0.3, 0.4) is 0 Å². The van der Waals surface area contributed by atoms with Crippen molar-refractivity contribution in [2.75, 3.05) is 19.7 Å². The fourth-order valence-corrected chi connectivity index (χ4v) is 1.64. The van der Waals surface area contributed by atoms with Gasteiger partial charge in [0.1, 0.15) is 0 Å². The van der Waals surface area contributed by atoms with Crippen molar-refractivity contribution in [1.29, 1.82) is 0 Å². The molecular weight excluding hydrogens is 168 g/mol. The van der Waals surface area contributed by atoms with Gasteiger partial charge in [-0.1, -0.05) is 0 Å². The molecule has 0 radical (unpaired) electrons. The highest BCUT2D eigenvalue weighted by molar-refractivity contribution is 5.70. The summed E-state index contributed by atoms with van der Waals surface area (Å²) in [5, 5.41) is 3.19. The topological polar surface area (TPSA) is 64.3 Å². The number of esters is 1. The maximum Gasteiger partial charge on any atom is 0.307 e. The van der Waals surface area contributed by atoms with E-state index in [1.807, 2.05) is 0 Å². The summed E-state index contributed by atoms with van der Waals surface area (Å²) < 4.78 is 4.86. The van der Waals surface area contributed by atoms with Gasteiger partial charge in [-0.3, -0.25) is 4.79 Å². The van der Waals surface area contributed by atoms with Crippen molar-refractivity contribution in [1.82, 2.24) is 5.32 Å². The Hall–Kier alpha value is -0.610. The van der Waals surface area contributed by atoms with Gasteiger partial charge in [-0.05, 0) is 26.3 Å². The molecule has 4 nitrogen and oxygen atoms in total. The third kappa shape index (κ3) is 3.32. The van der Waals surface area contributed by atoms with E-state index < -0.39 is 0 Å². The fraction of sp³-hybridized carbons (Fsp3) is 0.889. The molecule has 0 saturated carbocycles. The fourth-order valence-electron chi connectivity index (χ4n) is 1.64. The molecule has 1 rings (SSSR count). The van der Waals surface area contributed by atoms with Crippen LogP contribution >= 0.6 is 0 Å². The van der Waals surface area contributed by atoms with Gasteiger partial charge in [-0.2, -0.15) is 0 Å². The van der Waals surface area contributed by atoms with Crippen LogP contribution in [0.1, 0.15) is 26.2 Å². The maximum absolute atomic E-state index is 11.2. The summed E-state index contributed by atoms with van der Waals surface area (Å²) in [6.45, 7) is 3.95. The van der Waals surface area contributed by atoms with Crippen LogP contribution in [0.4, 0.5) is 0 Å². The number of hydrogen-bond donors (Lipinski definition) is 2. The van der Waals surface area contributed by atoms with Crippen molar-refractivity contribution in [3.05, 3.63) is 0 Å². The molecule has 1 heterocycles. The second-order valence-corrected chi connectivity index (χ2v) is 3.62. The number of carbonyl (C=O) groups is 1. The molecule has 0 spiro atoms. The van der Waals surface area contributed by atoms with Gasteiger partial charge in [0, 0.05) is 12.1 Å². The summed E-state index contributed by atoms with van der Waals surface area (Å²) in [4.78, 5) is 11.2. The summed E-state index contributed by atoms with van der Waals surface area (Å²) in [5.74, 6) is -0.186. The third-order valence-corrected chi connectivity index (χ3v) is 2.31. The molecule has 0 aromatic rings. The van der Waals surface area contributed by atoms with Crippen molar-refractivity contribution in [2.45, 2.75) is 31.7 Å². The van der Waals surface area contributed by atoms with Crippen LogP contribution in [0, 0.1) is 0 Å². The molecule has 76 valence electrons. The number of piperidine rings is 1. The number of rotatable bonds is 3. The van der Waals surface area contributed by atoms with Gasteiger partial charge in [0.25, 0.3) is 0 Å². The Morgan fingerprint density at radius 1 is 1.69 bits per heavy atom. The van der Waals surface area contributed by atoms with E-state index in [4.69, 9.17) is 10.5 Å². The first-order valence-electron chi connectivity index (χ1n) is 4.81. The van der Waals surface area contributed by atoms with Gasteiger partial charge in [0.2, 0.25) is 0 Å². The Labute approximate surface area is 78.8 Å². The highest BCUT2D eigenvalue weighted by Gasteiger charge is 2.30. The molecule has 0 amide bonds. The van der Waals surface area contributed by atoms with E-state index in [9.17, 15) is 4.79 Å². The first-order chi connectivity index (χ1) is 6.16. The molecule has 1 unspecified atom stereocenters. The van der Waals surface area contributed by atoms with Crippen molar-refractivity contribution in [3.8, 4) is 0 Å². The highest BCUT2D eigenvalue weighted by atomic mass is 16.5. The van der Waals surface area contributed by atoms with Crippen molar-refractivity contribution in [2.24, 2.45) is 5.73 Å². The smallest absolute Gasteiger partial charge is 0.307 e. The molecule has 1 aliphatic heterocycles. The second kappa shape index (κ2) is 4.58. The normalized spacial score (nSPS) is 28.5. The van der Waals surface area contributed by atoms with E-state index in [2.05, 4.69) is 5.32 Å². The minimum Gasteiger partial charge on any atom is -0.466 e. The zero-order valence-corrected chi connectivity index (χ0v) is 8.14. The van der Waals surface area contributed by atoms with Crippen LogP contribution in [-0.2, 0) is 9.53 Å². The number of ether oxygens (including phenoxy) is 1. The molecular formula is C9H18N2O2. The van der Waals surface area contributed by atoms with Gasteiger partial charge >= 0.3 is 5.97 Å². The van der Waals surface area contributed by atoms with E-state index in [0.717, 1.165) is 19.4 Å². The van der Waals surface area contributed by atoms with Crippen LogP contribution in [-0.4, -0.2) is 31.2 Å². The summed E-state index contributed by atoms with van der Waals surface area (Å²) in [5.41, 5.74) is 5.64. The number of nitrogens with one attached hydrogen (secondary N) is 1. The summed E-state index contributed by atoms with van der Waals surface area (Å²) >= 11 is 0. The average molecular weight is 186 g/mol. The number of nitrogens with two attached hydrogens (primary N) is 1. The van der Waals surface area contributed by atoms with Gasteiger partial charge in [-0.25, -0.2) is 0 Å². The van der Waals surface area contributed by atoms with E-state index in [-0.39, 0.29) is 11.5 Å². The summed E-state index contributed by atoms with van der Waals surface area (Å²) in [6.07, 6.45) is 2.27. The zero-order chi connectivity index (χ0) is 9.73. The Bertz CT molecular complexity index is 176. The Morgan fingerprint density at radius 2 is 2.46 bits per heavy atom. The molecule has 0 bridgehead atoms. The van der Waals surface area contributed by atoms with E-state index in [0.29, 0.717) is 19.6 Å². The summed E-state index contributed by atoms with van der Waals surface area (Å²) in [7, 11) is 0. The minimum absolute atomic E-state index is 0.186. The van der Waals surface area contributed by atoms with Crippen LogP contribution in [0.5, 0.6) is 0 Å². The first-order valence-corrected chi connectivity index (χ1v) is 4.81. The maximum atomic E-state index is 11.2. The van der Waals surface area contributed by atoms with E-state index >= 15 is 0 Å². The molecule has 0 aromatic carbocycles. The van der Waals surface area contributed by atoms with E-state index in [1.165, 1.54) is 0 Å².